The van der Waals surface area contributed by atoms with E-state index in [9.17, 15) is 4.79 Å². The predicted octanol–water partition coefficient (Wildman–Crippen LogP) is 4.17. The molecule has 4 rings (SSSR count). The van der Waals surface area contributed by atoms with Gasteiger partial charge in [-0.05, 0) is 36.8 Å². The van der Waals surface area contributed by atoms with Crippen LogP contribution in [0.2, 0.25) is 5.02 Å². The van der Waals surface area contributed by atoms with Crippen molar-refractivity contribution >= 4 is 28.8 Å². The van der Waals surface area contributed by atoms with Crippen LogP contribution in [0.15, 0.2) is 42.5 Å². The number of benzene rings is 2. The second kappa shape index (κ2) is 9.43. The van der Waals surface area contributed by atoms with Gasteiger partial charge < -0.3 is 19.5 Å². The number of hydrogen-bond donors (Lipinski definition) is 1. The first-order valence-electron chi connectivity index (χ1n) is 10.00. The Morgan fingerprint density at radius 1 is 1.06 bits per heavy atom. The number of halogens is 1. The number of ether oxygens (including phenoxy) is 3. The molecule has 4 aromatic rings. The number of nitrogens with one attached hydrogen (secondary N) is 1. The van der Waals surface area contributed by atoms with Gasteiger partial charge >= 0.3 is 0 Å². The fraction of sp³-hybridized carbons (Fsp3) is 0.217. The summed E-state index contributed by atoms with van der Waals surface area (Å²) >= 11 is 6.05. The van der Waals surface area contributed by atoms with Gasteiger partial charge in [0.2, 0.25) is 0 Å². The normalized spacial score (nSPS) is 10.9. The van der Waals surface area contributed by atoms with E-state index in [0.29, 0.717) is 39.2 Å². The summed E-state index contributed by atoms with van der Waals surface area (Å²) < 4.78 is 17.5. The highest BCUT2D eigenvalue weighted by Crippen LogP contribution is 2.31. The molecule has 0 spiro atoms. The number of hydrogen-bond acceptors (Lipinski definition) is 7. The third-order valence-electron chi connectivity index (χ3n) is 5.12. The largest absolute Gasteiger partial charge is 0.497 e. The molecule has 0 saturated heterocycles. The Balaban J connectivity index is 1.77. The standard InChI is InChI=1S/C23H22ClN5O4/c1-13-21(23(30)25-17-11-16(32-3)9-10-19(17)33-4)26-27-22-20(14-5-7-15(24)8-6-14)18(12-31-2)28-29(13)22/h5-11H,12H2,1-4H3,(H,25,30). The fourth-order valence-corrected chi connectivity index (χ4v) is 3.63. The van der Waals surface area contributed by atoms with Crippen molar-refractivity contribution in [1.82, 2.24) is 19.8 Å². The van der Waals surface area contributed by atoms with Crippen molar-refractivity contribution in [3.63, 3.8) is 0 Å². The van der Waals surface area contributed by atoms with E-state index < -0.39 is 5.91 Å². The Hall–Kier alpha value is -3.69. The number of anilines is 1. The molecule has 170 valence electrons. The Bertz CT molecular complexity index is 1320. The molecule has 2 aromatic carbocycles. The number of carbonyl (C=O) groups excluding carboxylic acids is 1. The van der Waals surface area contributed by atoms with E-state index in [0.717, 1.165) is 11.1 Å². The molecule has 10 heteroatoms. The SMILES string of the molecule is COCc1nn2c(C)c(C(=O)Nc3cc(OC)ccc3OC)nnc2c1-c1ccc(Cl)cc1. The second-order valence-electron chi connectivity index (χ2n) is 7.15. The third-order valence-corrected chi connectivity index (χ3v) is 5.37. The number of rotatable bonds is 7. The minimum absolute atomic E-state index is 0.126. The number of carbonyl (C=O) groups is 1. The molecule has 1 N–H and O–H groups in total. The molecular formula is C23H22ClN5O4. The maximum atomic E-state index is 13.1. The average molecular weight is 468 g/mol. The molecular weight excluding hydrogens is 446 g/mol. The van der Waals surface area contributed by atoms with Gasteiger partial charge in [0.25, 0.3) is 5.91 Å². The van der Waals surface area contributed by atoms with E-state index in [1.807, 2.05) is 12.1 Å². The van der Waals surface area contributed by atoms with Crippen LogP contribution < -0.4 is 14.8 Å². The van der Waals surface area contributed by atoms with Gasteiger partial charge in [-0.1, -0.05) is 23.7 Å². The molecule has 0 aliphatic carbocycles. The lowest BCUT2D eigenvalue weighted by atomic mass is 10.1. The Morgan fingerprint density at radius 2 is 1.82 bits per heavy atom. The summed E-state index contributed by atoms with van der Waals surface area (Å²) in [6, 6.07) is 12.5. The molecule has 0 bridgehead atoms. The summed E-state index contributed by atoms with van der Waals surface area (Å²) in [5.74, 6) is 0.612. The van der Waals surface area contributed by atoms with Crippen LogP contribution in [0.1, 0.15) is 21.9 Å². The van der Waals surface area contributed by atoms with E-state index >= 15 is 0 Å². The number of nitrogens with zero attached hydrogens (tertiary/aromatic N) is 4. The number of aromatic nitrogens is 4. The highest BCUT2D eigenvalue weighted by Gasteiger charge is 2.22. The van der Waals surface area contributed by atoms with Crippen LogP contribution in [-0.4, -0.2) is 47.0 Å². The van der Waals surface area contributed by atoms with Gasteiger partial charge in [0.1, 0.15) is 11.5 Å². The van der Waals surface area contributed by atoms with Gasteiger partial charge in [-0.2, -0.15) is 5.10 Å². The minimum atomic E-state index is -0.453. The molecule has 1 amide bonds. The van der Waals surface area contributed by atoms with Crippen LogP contribution in [0.5, 0.6) is 11.5 Å². The summed E-state index contributed by atoms with van der Waals surface area (Å²) in [5, 5.41) is 16.6. The Morgan fingerprint density at radius 3 is 2.48 bits per heavy atom. The van der Waals surface area contributed by atoms with Crippen LogP contribution in [0.3, 0.4) is 0 Å². The van der Waals surface area contributed by atoms with Crippen molar-refractivity contribution in [2.24, 2.45) is 0 Å². The molecule has 0 radical (unpaired) electrons. The topological polar surface area (TPSA) is 99.9 Å². The maximum Gasteiger partial charge on any atom is 0.278 e. The summed E-state index contributed by atoms with van der Waals surface area (Å²) in [7, 11) is 4.66. The fourth-order valence-electron chi connectivity index (χ4n) is 3.50. The predicted molar refractivity (Wildman–Crippen MR) is 124 cm³/mol. The first-order valence-corrected chi connectivity index (χ1v) is 10.4. The van der Waals surface area contributed by atoms with Crippen LogP contribution in [0.4, 0.5) is 5.69 Å². The van der Waals surface area contributed by atoms with E-state index in [-0.39, 0.29) is 12.3 Å². The monoisotopic (exact) mass is 467 g/mol. The van der Waals surface area contributed by atoms with Gasteiger partial charge in [-0.15, -0.1) is 10.2 Å². The molecule has 0 atom stereocenters. The Kier molecular flexibility index (Phi) is 6.43. The van der Waals surface area contributed by atoms with E-state index in [4.69, 9.17) is 25.8 Å². The lowest BCUT2D eigenvalue weighted by Crippen LogP contribution is -2.19. The van der Waals surface area contributed by atoms with Crippen LogP contribution in [-0.2, 0) is 11.3 Å². The van der Waals surface area contributed by atoms with Crippen LogP contribution in [0.25, 0.3) is 16.8 Å². The zero-order valence-electron chi connectivity index (χ0n) is 18.5. The van der Waals surface area contributed by atoms with Crippen LogP contribution >= 0.6 is 11.6 Å². The quantitative estimate of drug-likeness (QED) is 0.435. The third kappa shape index (κ3) is 4.33. The number of amides is 1. The molecule has 33 heavy (non-hydrogen) atoms. The Labute approximate surface area is 195 Å². The van der Waals surface area contributed by atoms with E-state index in [1.54, 1.807) is 56.0 Å². The first kappa shape index (κ1) is 22.5. The zero-order chi connectivity index (χ0) is 23.5. The molecule has 0 aliphatic rings. The van der Waals surface area contributed by atoms with Crippen LogP contribution in [0, 0.1) is 6.92 Å². The number of fused-ring (bicyclic) bond motifs is 1. The molecule has 0 fully saturated rings. The summed E-state index contributed by atoms with van der Waals surface area (Å²) in [6.45, 7) is 2.03. The average Bonchev–Trinajstić information content (AvgIpc) is 3.19. The van der Waals surface area contributed by atoms with Crippen molar-refractivity contribution in [2.75, 3.05) is 26.6 Å². The molecule has 2 heterocycles. The van der Waals surface area contributed by atoms with Gasteiger partial charge in [-0.25, -0.2) is 4.52 Å². The maximum absolute atomic E-state index is 13.1. The van der Waals surface area contributed by atoms with E-state index in [1.165, 1.54) is 7.11 Å². The van der Waals surface area contributed by atoms with Gasteiger partial charge in [-0.3, -0.25) is 4.79 Å². The van der Waals surface area contributed by atoms with Crippen molar-refractivity contribution in [3.05, 3.63) is 64.6 Å². The molecule has 9 nitrogen and oxygen atoms in total. The number of aryl methyl sites for hydroxylation is 1. The molecule has 0 saturated carbocycles. The summed E-state index contributed by atoms with van der Waals surface area (Å²) in [6.07, 6.45) is 0. The van der Waals surface area contributed by atoms with E-state index in [2.05, 4.69) is 20.6 Å². The van der Waals surface area contributed by atoms with Gasteiger partial charge in [0.05, 0.1) is 43.5 Å². The molecule has 0 aliphatic heterocycles. The molecule has 0 unspecified atom stereocenters. The first-order chi connectivity index (χ1) is 16.0. The highest BCUT2D eigenvalue weighted by molar-refractivity contribution is 6.30. The van der Waals surface area contributed by atoms with Gasteiger partial charge in [0, 0.05) is 18.2 Å². The zero-order valence-corrected chi connectivity index (χ0v) is 19.3. The smallest absolute Gasteiger partial charge is 0.278 e. The van der Waals surface area contributed by atoms with Gasteiger partial charge in [0.15, 0.2) is 11.3 Å². The highest BCUT2D eigenvalue weighted by atomic mass is 35.5. The minimum Gasteiger partial charge on any atom is -0.497 e. The summed E-state index contributed by atoms with van der Waals surface area (Å²) in [4.78, 5) is 13.1. The van der Waals surface area contributed by atoms with Crippen molar-refractivity contribution < 1.29 is 19.0 Å². The second-order valence-corrected chi connectivity index (χ2v) is 7.59. The van der Waals surface area contributed by atoms with Crippen molar-refractivity contribution in [1.29, 1.82) is 0 Å². The van der Waals surface area contributed by atoms with Crippen molar-refractivity contribution in [2.45, 2.75) is 13.5 Å². The number of methoxy groups -OCH3 is 3. The summed E-state index contributed by atoms with van der Waals surface area (Å²) in [5.41, 5.74) is 3.92. The molecule has 2 aromatic heterocycles. The van der Waals surface area contributed by atoms with Crippen molar-refractivity contribution in [3.8, 4) is 22.6 Å². The lowest BCUT2D eigenvalue weighted by Gasteiger charge is -2.12. The lowest BCUT2D eigenvalue weighted by molar-refractivity contribution is 0.101.